The predicted octanol–water partition coefficient (Wildman–Crippen LogP) is 5.64. The Hall–Kier alpha value is -3.43. The lowest BCUT2D eigenvalue weighted by atomic mass is 9.98. The van der Waals surface area contributed by atoms with Gasteiger partial charge in [0.1, 0.15) is 11.5 Å². The van der Waals surface area contributed by atoms with E-state index in [-0.39, 0.29) is 57.9 Å². The van der Waals surface area contributed by atoms with E-state index in [1.807, 2.05) is 0 Å². The van der Waals surface area contributed by atoms with Crippen LogP contribution >= 0.6 is 11.6 Å². The SMILES string of the molecule is CCOC(=O)Cc1ccc(N2C(=O)c3c(c(OC(C)C)c4ccccc4c3OC(F)F)C2O)c(Cl)c1. The normalized spacial score (nSPS) is 15.1. The van der Waals surface area contributed by atoms with Gasteiger partial charge in [-0.3, -0.25) is 14.5 Å². The Morgan fingerprint density at radius 1 is 1.11 bits per heavy atom. The average molecular weight is 520 g/mol. The number of hydrogen-bond acceptors (Lipinski definition) is 6. The summed E-state index contributed by atoms with van der Waals surface area (Å²) in [5, 5.41) is 12.1. The first-order valence-corrected chi connectivity index (χ1v) is 11.7. The lowest BCUT2D eigenvalue weighted by Crippen LogP contribution is -2.28. The number of fused-ring (bicyclic) bond motifs is 2. The van der Waals surface area contributed by atoms with Crippen LogP contribution in [0.4, 0.5) is 14.5 Å². The number of rotatable bonds is 8. The van der Waals surface area contributed by atoms with E-state index in [1.54, 1.807) is 51.1 Å². The van der Waals surface area contributed by atoms with Gasteiger partial charge >= 0.3 is 12.6 Å². The number of carbonyl (C=O) groups is 2. The molecule has 0 spiro atoms. The fourth-order valence-corrected chi connectivity index (χ4v) is 4.56. The summed E-state index contributed by atoms with van der Waals surface area (Å²) in [5.41, 5.74) is 0.441. The van der Waals surface area contributed by atoms with Crippen molar-refractivity contribution in [3.63, 3.8) is 0 Å². The second kappa shape index (κ2) is 10.3. The molecule has 0 aliphatic carbocycles. The van der Waals surface area contributed by atoms with Gasteiger partial charge in [0.2, 0.25) is 0 Å². The molecular weight excluding hydrogens is 496 g/mol. The minimum Gasteiger partial charge on any atom is -0.490 e. The van der Waals surface area contributed by atoms with Crippen LogP contribution in [0.1, 0.15) is 48.5 Å². The summed E-state index contributed by atoms with van der Waals surface area (Å²) in [6, 6.07) is 11.0. The van der Waals surface area contributed by atoms with Crippen LogP contribution in [-0.4, -0.2) is 36.3 Å². The summed E-state index contributed by atoms with van der Waals surface area (Å²) in [6.45, 7) is 2.25. The predicted molar refractivity (Wildman–Crippen MR) is 130 cm³/mol. The summed E-state index contributed by atoms with van der Waals surface area (Å²) < 4.78 is 42.6. The average Bonchev–Trinajstić information content (AvgIpc) is 3.06. The molecule has 3 aromatic carbocycles. The Kier molecular flexibility index (Phi) is 7.33. The summed E-state index contributed by atoms with van der Waals surface area (Å²) in [4.78, 5) is 26.5. The van der Waals surface area contributed by atoms with Gasteiger partial charge in [-0.15, -0.1) is 0 Å². The van der Waals surface area contributed by atoms with Gasteiger partial charge < -0.3 is 19.3 Å². The largest absolute Gasteiger partial charge is 0.490 e. The van der Waals surface area contributed by atoms with Gasteiger partial charge in [-0.2, -0.15) is 8.78 Å². The highest BCUT2D eigenvalue weighted by molar-refractivity contribution is 6.34. The van der Waals surface area contributed by atoms with E-state index in [1.165, 1.54) is 12.1 Å². The maximum atomic E-state index is 13.6. The van der Waals surface area contributed by atoms with Crippen molar-refractivity contribution in [1.29, 1.82) is 0 Å². The van der Waals surface area contributed by atoms with Gasteiger partial charge in [0.05, 0.1) is 41.0 Å². The Bertz CT molecular complexity index is 1330. The van der Waals surface area contributed by atoms with Crippen LogP contribution in [0.5, 0.6) is 11.5 Å². The summed E-state index contributed by atoms with van der Waals surface area (Å²) in [5.74, 6) is -1.39. The lowest BCUT2D eigenvalue weighted by Gasteiger charge is -2.24. The molecule has 1 aliphatic rings. The van der Waals surface area contributed by atoms with E-state index >= 15 is 0 Å². The molecule has 1 unspecified atom stereocenters. The zero-order valence-electron chi connectivity index (χ0n) is 19.8. The number of aliphatic hydroxyl groups excluding tert-OH is 1. The van der Waals surface area contributed by atoms with E-state index in [0.717, 1.165) is 4.90 Å². The number of hydrogen-bond donors (Lipinski definition) is 1. The number of aliphatic hydroxyl groups is 1. The van der Waals surface area contributed by atoms with Crippen molar-refractivity contribution < 1.29 is 37.7 Å². The first kappa shape index (κ1) is 25.7. The van der Waals surface area contributed by atoms with E-state index < -0.39 is 24.7 Å². The van der Waals surface area contributed by atoms with Gasteiger partial charge in [-0.05, 0) is 38.5 Å². The van der Waals surface area contributed by atoms with Crippen LogP contribution in [-0.2, 0) is 16.0 Å². The highest BCUT2D eigenvalue weighted by atomic mass is 35.5. The number of carbonyl (C=O) groups excluding carboxylic acids is 2. The molecular formula is C26H24ClF2NO6. The van der Waals surface area contributed by atoms with Gasteiger partial charge in [0.15, 0.2) is 6.23 Å². The molecule has 0 aromatic heterocycles. The topological polar surface area (TPSA) is 85.3 Å². The third kappa shape index (κ3) is 4.68. The smallest absolute Gasteiger partial charge is 0.387 e. The van der Waals surface area contributed by atoms with Crippen LogP contribution in [0, 0.1) is 0 Å². The highest BCUT2D eigenvalue weighted by Crippen LogP contribution is 2.51. The number of esters is 1. The maximum absolute atomic E-state index is 13.6. The molecule has 1 amide bonds. The van der Waals surface area contributed by atoms with Gasteiger partial charge in [0.25, 0.3) is 5.91 Å². The van der Waals surface area contributed by atoms with Gasteiger partial charge in [-0.1, -0.05) is 41.9 Å². The zero-order chi connectivity index (χ0) is 26.1. The van der Waals surface area contributed by atoms with Crippen molar-refractivity contribution in [3.8, 4) is 11.5 Å². The molecule has 36 heavy (non-hydrogen) atoms. The van der Waals surface area contributed by atoms with Crippen molar-refractivity contribution in [2.45, 2.75) is 46.1 Å². The Morgan fingerprint density at radius 2 is 1.78 bits per heavy atom. The molecule has 0 bridgehead atoms. The van der Waals surface area contributed by atoms with Gasteiger partial charge in [0, 0.05) is 10.8 Å². The second-order valence-corrected chi connectivity index (χ2v) is 8.76. The number of amides is 1. The number of benzene rings is 3. The Morgan fingerprint density at radius 3 is 2.36 bits per heavy atom. The van der Waals surface area contributed by atoms with E-state index in [4.69, 9.17) is 25.8 Å². The third-order valence-corrected chi connectivity index (χ3v) is 5.88. The fourth-order valence-electron chi connectivity index (χ4n) is 4.26. The summed E-state index contributed by atoms with van der Waals surface area (Å²) in [6.07, 6.45) is -1.98. The number of alkyl halides is 2. The van der Waals surface area contributed by atoms with Crippen LogP contribution < -0.4 is 14.4 Å². The molecule has 1 aliphatic heterocycles. The number of halogens is 3. The minimum atomic E-state index is -3.21. The standard InChI is InChI=1S/C26H24ClF2NO6/c1-4-34-19(31)12-14-9-10-18(17(27)11-14)30-24(32)20-21(25(30)33)23(36-26(28)29)16-8-6-5-7-15(16)22(20)35-13(2)3/h5-11,13,24,26,32H,4,12H2,1-3H3. The third-order valence-electron chi connectivity index (χ3n) is 5.58. The van der Waals surface area contributed by atoms with Crippen molar-refractivity contribution in [2.24, 2.45) is 0 Å². The number of nitrogens with zero attached hydrogens (tertiary/aromatic N) is 1. The van der Waals surface area contributed by atoms with Crippen LogP contribution in [0.15, 0.2) is 42.5 Å². The fraction of sp³-hybridized carbons (Fsp3) is 0.308. The van der Waals surface area contributed by atoms with Crippen LogP contribution in [0.2, 0.25) is 5.02 Å². The molecule has 3 aromatic rings. The molecule has 7 nitrogen and oxygen atoms in total. The molecule has 0 saturated heterocycles. The quantitative estimate of drug-likeness (QED) is 0.388. The van der Waals surface area contributed by atoms with E-state index in [0.29, 0.717) is 10.9 Å². The maximum Gasteiger partial charge on any atom is 0.387 e. The molecule has 4 rings (SSSR count). The van der Waals surface area contributed by atoms with Crippen molar-refractivity contribution in [2.75, 3.05) is 11.5 Å². The number of ether oxygens (including phenoxy) is 3. The molecule has 1 atom stereocenters. The lowest BCUT2D eigenvalue weighted by molar-refractivity contribution is -0.142. The Balaban J connectivity index is 1.87. The van der Waals surface area contributed by atoms with E-state index in [2.05, 4.69) is 0 Å². The zero-order valence-corrected chi connectivity index (χ0v) is 20.5. The molecule has 0 radical (unpaired) electrons. The molecule has 1 heterocycles. The Labute approximate surface area is 211 Å². The number of anilines is 1. The first-order chi connectivity index (χ1) is 17.1. The van der Waals surface area contributed by atoms with E-state index in [9.17, 15) is 23.5 Å². The van der Waals surface area contributed by atoms with Crippen LogP contribution in [0.25, 0.3) is 10.8 Å². The van der Waals surface area contributed by atoms with Crippen molar-refractivity contribution in [3.05, 3.63) is 64.2 Å². The first-order valence-electron chi connectivity index (χ1n) is 11.3. The molecule has 190 valence electrons. The monoisotopic (exact) mass is 519 g/mol. The molecule has 0 fully saturated rings. The summed E-state index contributed by atoms with van der Waals surface area (Å²) in [7, 11) is 0. The van der Waals surface area contributed by atoms with Gasteiger partial charge in [-0.25, -0.2) is 0 Å². The second-order valence-electron chi connectivity index (χ2n) is 8.35. The summed E-state index contributed by atoms with van der Waals surface area (Å²) >= 11 is 6.46. The molecule has 10 heteroatoms. The van der Waals surface area contributed by atoms with Crippen molar-refractivity contribution >= 4 is 39.9 Å². The minimum absolute atomic E-state index is 0.00900. The van der Waals surface area contributed by atoms with Crippen LogP contribution in [0.3, 0.4) is 0 Å². The van der Waals surface area contributed by atoms with Crippen molar-refractivity contribution in [1.82, 2.24) is 0 Å². The molecule has 0 saturated carbocycles. The molecule has 1 N–H and O–H groups in total. The highest BCUT2D eigenvalue weighted by Gasteiger charge is 2.44.